The Kier molecular flexibility index (Phi) is 7.60. The van der Waals surface area contributed by atoms with E-state index in [-0.39, 0.29) is 17.3 Å². The van der Waals surface area contributed by atoms with Crippen molar-refractivity contribution in [1.29, 1.82) is 0 Å². The second kappa shape index (κ2) is 10.6. The van der Waals surface area contributed by atoms with E-state index in [2.05, 4.69) is 27.6 Å². The Balaban J connectivity index is 1.45. The zero-order valence-corrected chi connectivity index (χ0v) is 18.1. The molecular formula is C21H23N5O4S. The minimum atomic E-state index is -0.482. The number of methoxy groups -OCH3 is 1. The van der Waals surface area contributed by atoms with Gasteiger partial charge in [-0.15, -0.1) is 10.2 Å². The van der Waals surface area contributed by atoms with Gasteiger partial charge in [0.1, 0.15) is 11.6 Å². The number of rotatable bonds is 10. The largest absolute Gasteiger partial charge is 0.497 e. The highest BCUT2D eigenvalue weighted by Gasteiger charge is 2.12. The van der Waals surface area contributed by atoms with Crippen LogP contribution in [0.1, 0.15) is 17.8 Å². The molecule has 0 spiro atoms. The summed E-state index contributed by atoms with van der Waals surface area (Å²) in [7, 11) is 3.54. The van der Waals surface area contributed by atoms with Gasteiger partial charge in [-0.25, -0.2) is 0 Å². The summed E-state index contributed by atoms with van der Waals surface area (Å²) in [6, 6.07) is 13.7. The van der Waals surface area contributed by atoms with Gasteiger partial charge in [0.2, 0.25) is 5.91 Å². The van der Waals surface area contributed by atoms with Gasteiger partial charge >= 0.3 is 0 Å². The molecule has 1 amide bonds. The number of amides is 1. The Hall–Kier alpha value is -3.40. The zero-order valence-electron chi connectivity index (χ0n) is 17.3. The third kappa shape index (κ3) is 6.29. The third-order valence-corrected chi connectivity index (χ3v) is 5.66. The van der Waals surface area contributed by atoms with E-state index in [4.69, 9.17) is 4.74 Å². The van der Waals surface area contributed by atoms with E-state index in [0.29, 0.717) is 10.8 Å². The molecule has 31 heavy (non-hydrogen) atoms. The van der Waals surface area contributed by atoms with Gasteiger partial charge in [0.05, 0.1) is 17.8 Å². The van der Waals surface area contributed by atoms with Crippen molar-refractivity contribution in [1.82, 2.24) is 14.8 Å². The van der Waals surface area contributed by atoms with E-state index in [0.717, 1.165) is 30.8 Å². The molecule has 1 heterocycles. The number of nitro groups is 1. The molecule has 0 bridgehead atoms. The normalized spacial score (nSPS) is 10.6. The number of non-ortho nitro benzene ring substituents is 1. The van der Waals surface area contributed by atoms with E-state index in [1.54, 1.807) is 7.11 Å². The molecule has 1 aromatic heterocycles. The standard InChI is InChI=1S/C21H23N5O4S/c1-25-19(5-3-4-15-6-12-18(30-2)13-7-15)23-24-21(25)31-14-20(27)22-16-8-10-17(11-9-16)26(28)29/h6-13H,3-5,14H2,1-2H3,(H,22,27). The second-order valence-corrected chi connectivity index (χ2v) is 7.74. The fraction of sp³-hybridized carbons (Fsp3) is 0.286. The molecule has 0 aliphatic carbocycles. The van der Waals surface area contributed by atoms with E-state index < -0.39 is 4.92 Å². The average Bonchev–Trinajstić information content (AvgIpc) is 3.12. The maximum atomic E-state index is 12.2. The van der Waals surface area contributed by atoms with E-state index in [1.807, 2.05) is 23.7 Å². The molecule has 9 nitrogen and oxygen atoms in total. The van der Waals surface area contributed by atoms with Crippen LogP contribution in [0.5, 0.6) is 5.75 Å². The lowest BCUT2D eigenvalue weighted by Crippen LogP contribution is -2.14. The second-order valence-electron chi connectivity index (χ2n) is 6.80. The summed E-state index contributed by atoms with van der Waals surface area (Å²) >= 11 is 1.29. The molecule has 3 rings (SSSR count). The number of nitro benzene ring substituents is 1. The molecule has 0 atom stereocenters. The lowest BCUT2D eigenvalue weighted by atomic mass is 10.1. The number of thioether (sulfide) groups is 1. The van der Waals surface area contributed by atoms with E-state index in [9.17, 15) is 14.9 Å². The Morgan fingerprint density at radius 2 is 1.84 bits per heavy atom. The first-order valence-corrected chi connectivity index (χ1v) is 10.6. The molecule has 0 saturated carbocycles. The highest BCUT2D eigenvalue weighted by atomic mass is 32.2. The number of ether oxygens (including phenoxy) is 1. The Morgan fingerprint density at radius 3 is 2.48 bits per heavy atom. The van der Waals surface area contributed by atoms with Crippen LogP contribution in [0.2, 0.25) is 0 Å². The fourth-order valence-electron chi connectivity index (χ4n) is 2.92. The van der Waals surface area contributed by atoms with Crippen molar-refractivity contribution in [2.24, 2.45) is 7.05 Å². The maximum absolute atomic E-state index is 12.2. The summed E-state index contributed by atoms with van der Waals surface area (Å²) in [6.45, 7) is 0. The first kappa shape index (κ1) is 22.3. The predicted molar refractivity (Wildman–Crippen MR) is 118 cm³/mol. The van der Waals surface area contributed by atoms with Crippen molar-refractivity contribution >= 4 is 29.0 Å². The smallest absolute Gasteiger partial charge is 0.269 e. The predicted octanol–water partition coefficient (Wildman–Crippen LogP) is 3.64. The van der Waals surface area contributed by atoms with Crippen molar-refractivity contribution in [2.45, 2.75) is 24.4 Å². The lowest BCUT2D eigenvalue weighted by Gasteiger charge is -2.06. The quantitative estimate of drug-likeness (QED) is 0.290. The number of benzene rings is 2. The number of hydrogen-bond donors (Lipinski definition) is 1. The van der Waals surface area contributed by atoms with Crippen LogP contribution in [0.4, 0.5) is 11.4 Å². The summed E-state index contributed by atoms with van der Waals surface area (Å²) in [4.78, 5) is 22.4. The van der Waals surface area contributed by atoms with Gasteiger partial charge < -0.3 is 14.6 Å². The van der Waals surface area contributed by atoms with Gasteiger partial charge in [0, 0.05) is 31.3 Å². The van der Waals surface area contributed by atoms with Crippen LogP contribution >= 0.6 is 11.8 Å². The van der Waals surface area contributed by atoms with Crippen molar-refractivity contribution < 1.29 is 14.5 Å². The van der Waals surface area contributed by atoms with Crippen LogP contribution < -0.4 is 10.1 Å². The summed E-state index contributed by atoms with van der Waals surface area (Å²) in [5, 5.41) is 22.5. The molecule has 0 aliphatic heterocycles. The zero-order chi connectivity index (χ0) is 22.2. The summed E-state index contributed by atoms with van der Waals surface area (Å²) < 4.78 is 7.07. The molecule has 0 fully saturated rings. The van der Waals surface area contributed by atoms with Gasteiger partial charge in [-0.1, -0.05) is 23.9 Å². The number of aromatic nitrogens is 3. The van der Waals surface area contributed by atoms with Crippen molar-refractivity contribution in [3.63, 3.8) is 0 Å². The average molecular weight is 442 g/mol. The van der Waals surface area contributed by atoms with E-state index in [1.165, 1.54) is 41.6 Å². The first-order chi connectivity index (χ1) is 15.0. The van der Waals surface area contributed by atoms with Crippen LogP contribution in [0.3, 0.4) is 0 Å². The molecule has 3 aromatic rings. The minimum Gasteiger partial charge on any atom is -0.497 e. The number of nitrogens with one attached hydrogen (secondary N) is 1. The lowest BCUT2D eigenvalue weighted by molar-refractivity contribution is -0.384. The third-order valence-electron chi connectivity index (χ3n) is 4.64. The van der Waals surface area contributed by atoms with Crippen LogP contribution in [0, 0.1) is 10.1 Å². The minimum absolute atomic E-state index is 0.0222. The molecule has 2 aromatic carbocycles. The van der Waals surface area contributed by atoms with Crippen LogP contribution in [0.15, 0.2) is 53.7 Å². The Bertz CT molecular complexity index is 1030. The monoisotopic (exact) mass is 441 g/mol. The molecular weight excluding hydrogens is 418 g/mol. The molecule has 0 saturated heterocycles. The summed E-state index contributed by atoms with van der Waals surface area (Å²) in [5.74, 6) is 1.65. The number of anilines is 1. The number of nitrogens with zero attached hydrogens (tertiary/aromatic N) is 4. The molecule has 0 radical (unpaired) electrons. The van der Waals surface area contributed by atoms with Crippen molar-refractivity contribution in [2.75, 3.05) is 18.2 Å². The molecule has 0 unspecified atom stereocenters. The Morgan fingerprint density at radius 1 is 1.13 bits per heavy atom. The summed E-state index contributed by atoms with van der Waals surface area (Å²) in [5.41, 5.74) is 1.72. The van der Waals surface area contributed by atoms with Crippen LogP contribution in [-0.4, -0.2) is 38.5 Å². The fourth-order valence-corrected chi connectivity index (χ4v) is 3.65. The highest BCUT2D eigenvalue weighted by molar-refractivity contribution is 7.99. The van der Waals surface area contributed by atoms with Crippen molar-refractivity contribution in [3.8, 4) is 5.75 Å². The number of carbonyl (C=O) groups is 1. The molecule has 1 N–H and O–H groups in total. The first-order valence-electron chi connectivity index (χ1n) is 9.64. The maximum Gasteiger partial charge on any atom is 0.269 e. The molecule has 162 valence electrons. The molecule has 10 heteroatoms. The van der Waals surface area contributed by atoms with Gasteiger partial charge in [-0.05, 0) is 42.7 Å². The number of carbonyl (C=O) groups excluding carboxylic acids is 1. The van der Waals surface area contributed by atoms with Gasteiger partial charge in [-0.3, -0.25) is 14.9 Å². The van der Waals surface area contributed by atoms with Crippen LogP contribution in [-0.2, 0) is 24.7 Å². The number of hydrogen-bond acceptors (Lipinski definition) is 7. The van der Waals surface area contributed by atoms with Crippen LogP contribution in [0.25, 0.3) is 0 Å². The SMILES string of the molecule is COc1ccc(CCCc2nnc(SCC(=O)Nc3ccc([N+](=O)[O-])cc3)n2C)cc1. The van der Waals surface area contributed by atoms with Crippen molar-refractivity contribution in [3.05, 3.63) is 70.0 Å². The highest BCUT2D eigenvalue weighted by Crippen LogP contribution is 2.19. The van der Waals surface area contributed by atoms with E-state index >= 15 is 0 Å². The molecule has 0 aliphatic rings. The Labute approximate surface area is 184 Å². The van der Waals surface area contributed by atoms with Gasteiger partial charge in [0.15, 0.2) is 5.16 Å². The topological polar surface area (TPSA) is 112 Å². The van der Waals surface area contributed by atoms with Gasteiger partial charge in [-0.2, -0.15) is 0 Å². The van der Waals surface area contributed by atoms with Gasteiger partial charge in [0.25, 0.3) is 5.69 Å². The summed E-state index contributed by atoms with van der Waals surface area (Å²) in [6.07, 6.45) is 2.64. The number of aryl methyl sites for hydroxylation is 2.